The number of rotatable bonds is 8. The average Bonchev–Trinajstić information content (AvgIpc) is 2.76. The van der Waals surface area contributed by atoms with E-state index in [1.807, 2.05) is 36.5 Å². The molecule has 0 aromatic heterocycles. The quantitative estimate of drug-likeness (QED) is 0.535. The second-order valence-electron chi connectivity index (χ2n) is 7.07. The van der Waals surface area contributed by atoms with E-state index in [-0.39, 0.29) is 0 Å². The molecule has 0 aliphatic carbocycles. The fraction of sp³-hybridized carbons (Fsp3) is 0.391. The summed E-state index contributed by atoms with van der Waals surface area (Å²) in [6, 6.07) is 13.4. The van der Waals surface area contributed by atoms with Crippen LogP contribution in [0, 0.1) is 11.3 Å². The third kappa shape index (κ3) is 6.31. The number of ether oxygens (including phenoxy) is 2. The molecule has 2 aromatic rings. The van der Waals surface area contributed by atoms with Gasteiger partial charge >= 0.3 is 0 Å². The minimum Gasteiger partial charge on any atom is -0.493 e. The zero-order chi connectivity index (χ0) is 20.5. The third-order valence-corrected chi connectivity index (χ3v) is 5.51. The van der Waals surface area contributed by atoms with E-state index in [1.165, 1.54) is 32.4 Å². The Labute approximate surface area is 181 Å². The first-order valence-electron chi connectivity index (χ1n) is 9.91. The largest absolute Gasteiger partial charge is 0.493 e. The Kier molecular flexibility index (Phi) is 8.09. The number of benzene rings is 2. The lowest BCUT2D eigenvalue weighted by atomic mass is 10.1. The van der Waals surface area contributed by atoms with Crippen LogP contribution in [0.1, 0.15) is 36.0 Å². The Hall–Kier alpha value is -2.36. The lowest BCUT2D eigenvalue weighted by molar-refractivity contribution is 0.235. The van der Waals surface area contributed by atoms with Crippen molar-refractivity contribution in [2.75, 3.05) is 33.3 Å². The third-order valence-electron chi connectivity index (χ3n) is 4.93. The summed E-state index contributed by atoms with van der Waals surface area (Å²) in [6.45, 7) is 4.55. The highest BCUT2D eigenvalue weighted by Gasteiger charge is 2.12. The fourth-order valence-corrected chi connectivity index (χ4v) is 3.97. The maximum absolute atomic E-state index is 9.03. The van der Waals surface area contributed by atoms with Gasteiger partial charge in [-0.15, -0.1) is 0 Å². The number of halogens is 1. The average molecular weight is 456 g/mol. The topological polar surface area (TPSA) is 57.9 Å². The fourth-order valence-electron chi connectivity index (χ4n) is 3.39. The minimum atomic E-state index is 0.355. The number of methoxy groups -OCH3 is 1. The molecule has 0 atom stereocenters. The van der Waals surface area contributed by atoms with Crippen LogP contribution in [0.25, 0.3) is 0 Å². The standard InChI is InChI=1S/C23H26BrN3O2/c1-28-22-14-20(16-26-8-11-27-9-3-2-4-10-27)13-21(24)23(22)29-17-19-7-5-6-18(12-19)15-25/h5-7,12-14,16H,2-4,8-11,17H2,1H3. The number of nitriles is 1. The van der Waals surface area contributed by atoms with Crippen molar-refractivity contribution in [3.63, 3.8) is 0 Å². The molecule has 2 aromatic carbocycles. The molecule has 0 N–H and O–H groups in total. The Morgan fingerprint density at radius 3 is 2.79 bits per heavy atom. The predicted molar refractivity (Wildman–Crippen MR) is 119 cm³/mol. The van der Waals surface area contributed by atoms with Gasteiger partial charge in [0.2, 0.25) is 0 Å². The molecule has 0 radical (unpaired) electrons. The van der Waals surface area contributed by atoms with E-state index >= 15 is 0 Å². The van der Waals surface area contributed by atoms with Gasteiger partial charge in [0.1, 0.15) is 6.61 Å². The highest BCUT2D eigenvalue weighted by Crippen LogP contribution is 2.36. The van der Waals surface area contributed by atoms with Crippen molar-refractivity contribution in [3.05, 3.63) is 57.6 Å². The maximum atomic E-state index is 9.03. The molecule has 1 saturated heterocycles. The second kappa shape index (κ2) is 11.0. The van der Waals surface area contributed by atoms with Gasteiger partial charge in [0.25, 0.3) is 0 Å². The van der Waals surface area contributed by atoms with Gasteiger partial charge in [-0.25, -0.2) is 0 Å². The maximum Gasteiger partial charge on any atom is 0.175 e. The number of hydrogen-bond acceptors (Lipinski definition) is 5. The number of hydrogen-bond donors (Lipinski definition) is 0. The molecule has 29 heavy (non-hydrogen) atoms. The van der Waals surface area contributed by atoms with Crippen LogP contribution in [-0.4, -0.2) is 44.4 Å². The van der Waals surface area contributed by atoms with E-state index in [1.54, 1.807) is 13.2 Å². The van der Waals surface area contributed by atoms with Crippen molar-refractivity contribution < 1.29 is 9.47 Å². The molecule has 0 unspecified atom stereocenters. The van der Waals surface area contributed by atoms with Crippen LogP contribution in [0.15, 0.2) is 45.9 Å². The highest BCUT2D eigenvalue weighted by atomic mass is 79.9. The molecule has 0 saturated carbocycles. The Bertz CT molecular complexity index is 886. The zero-order valence-electron chi connectivity index (χ0n) is 16.7. The van der Waals surface area contributed by atoms with Gasteiger partial charge < -0.3 is 14.4 Å². The molecular weight excluding hydrogens is 430 g/mol. The van der Waals surface area contributed by atoms with Crippen molar-refractivity contribution in [2.45, 2.75) is 25.9 Å². The molecule has 152 valence electrons. The monoisotopic (exact) mass is 455 g/mol. The summed E-state index contributed by atoms with van der Waals surface area (Å²) in [5, 5.41) is 9.03. The molecule has 1 aliphatic rings. The first-order chi connectivity index (χ1) is 14.2. The molecular formula is C23H26BrN3O2. The van der Waals surface area contributed by atoms with Crippen LogP contribution in [0.5, 0.6) is 11.5 Å². The van der Waals surface area contributed by atoms with Crippen LogP contribution >= 0.6 is 15.9 Å². The van der Waals surface area contributed by atoms with Crippen molar-refractivity contribution in [2.24, 2.45) is 4.99 Å². The summed E-state index contributed by atoms with van der Waals surface area (Å²) in [5.74, 6) is 1.29. The van der Waals surface area contributed by atoms with Gasteiger partial charge in [-0.2, -0.15) is 5.26 Å². The van der Waals surface area contributed by atoms with E-state index in [0.717, 1.165) is 28.7 Å². The SMILES string of the molecule is COc1cc(C=NCCN2CCCCC2)cc(Br)c1OCc1cccc(C#N)c1. The van der Waals surface area contributed by atoms with Crippen LogP contribution in [0.2, 0.25) is 0 Å². The molecule has 1 heterocycles. The molecule has 5 nitrogen and oxygen atoms in total. The predicted octanol–water partition coefficient (Wildman–Crippen LogP) is 4.81. The van der Waals surface area contributed by atoms with Crippen molar-refractivity contribution in [1.82, 2.24) is 4.90 Å². The summed E-state index contributed by atoms with van der Waals surface area (Å²) in [7, 11) is 1.63. The second-order valence-corrected chi connectivity index (χ2v) is 7.93. The molecule has 1 aliphatic heterocycles. The Balaban J connectivity index is 1.62. The summed E-state index contributed by atoms with van der Waals surface area (Å²) in [6.07, 6.45) is 5.84. The van der Waals surface area contributed by atoms with Crippen molar-refractivity contribution in [3.8, 4) is 17.6 Å². The van der Waals surface area contributed by atoms with Gasteiger partial charge in [-0.05, 0) is 77.3 Å². The number of nitrogens with zero attached hydrogens (tertiary/aromatic N) is 3. The van der Waals surface area contributed by atoms with Crippen LogP contribution < -0.4 is 9.47 Å². The van der Waals surface area contributed by atoms with E-state index in [4.69, 9.17) is 14.7 Å². The van der Waals surface area contributed by atoms with E-state index in [2.05, 4.69) is 31.9 Å². The van der Waals surface area contributed by atoms with E-state index < -0.39 is 0 Å². The normalized spacial score (nSPS) is 14.7. The lowest BCUT2D eigenvalue weighted by Crippen LogP contribution is -2.31. The van der Waals surface area contributed by atoms with Crippen LogP contribution in [-0.2, 0) is 6.61 Å². The van der Waals surface area contributed by atoms with Crippen LogP contribution in [0.4, 0.5) is 0 Å². The highest BCUT2D eigenvalue weighted by molar-refractivity contribution is 9.10. The first-order valence-corrected chi connectivity index (χ1v) is 10.7. The zero-order valence-corrected chi connectivity index (χ0v) is 18.3. The van der Waals surface area contributed by atoms with Gasteiger partial charge in [0.15, 0.2) is 11.5 Å². The minimum absolute atomic E-state index is 0.355. The van der Waals surface area contributed by atoms with Crippen molar-refractivity contribution in [1.29, 1.82) is 5.26 Å². The first kappa shape index (κ1) is 21.4. The molecule has 0 spiro atoms. The van der Waals surface area contributed by atoms with E-state index in [0.29, 0.717) is 23.7 Å². The lowest BCUT2D eigenvalue weighted by Gasteiger charge is -2.25. The number of piperidine rings is 1. The summed E-state index contributed by atoms with van der Waals surface area (Å²) < 4.78 is 12.3. The summed E-state index contributed by atoms with van der Waals surface area (Å²) in [4.78, 5) is 7.06. The Morgan fingerprint density at radius 2 is 2.03 bits per heavy atom. The number of aliphatic imine (C=N–C) groups is 1. The summed E-state index contributed by atoms with van der Waals surface area (Å²) >= 11 is 3.58. The Morgan fingerprint density at radius 1 is 1.21 bits per heavy atom. The van der Waals surface area contributed by atoms with Crippen LogP contribution in [0.3, 0.4) is 0 Å². The molecule has 1 fully saturated rings. The van der Waals surface area contributed by atoms with Gasteiger partial charge in [0, 0.05) is 12.8 Å². The molecule has 6 heteroatoms. The van der Waals surface area contributed by atoms with Crippen molar-refractivity contribution >= 4 is 22.1 Å². The van der Waals surface area contributed by atoms with Gasteiger partial charge in [0.05, 0.1) is 29.8 Å². The number of likely N-dealkylation sites (tertiary alicyclic amines) is 1. The van der Waals surface area contributed by atoms with E-state index in [9.17, 15) is 0 Å². The smallest absolute Gasteiger partial charge is 0.175 e. The molecule has 0 amide bonds. The summed E-state index contributed by atoms with van der Waals surface area (Å²) in [5.41, 5.74) is 2.51. The molecule has 0 bridgehead atoms. The molecule has 3 rings (SSSR count). The van der Waals surface area contributed by atoms with Gasteiger partial charge in [-0.3, -0.25) is 4.99 Å². The van der Waals surface area contributed by atoms with Gasteiger partial charge in [-0.1, -0.05) is 18.6 Å².